The van der Waals surface area contributed by atoms with Crippen LogP contribution in [-0.2, 0) is 0 Å². The molecule has 0 spiro atoms. The van der Waals surface area contributed by atoms with Crippen molar-refractivity contribution >= 4 is 5.96 Å². The van der Waals surface area contributed by atoms with Crippen LogP contribution in [0.1, 0.15) is 26.2 Å². The Balaban J connectivity index is 1.65. The lowest BCUT2D eigenvalue weighted by molar-refractivity contribution is -0.148. The van der Waals surface area contributed by atoms with Crippen molar-refractivity contribution in [1.82, 2.24) is 15.5 Å². The fraction of sp³-hybridized carbons (Fsp3) is 0.667. The van der Waals surface area contributed by atoms with Crippen molar-refractivity contribution in [2.75, 3.05) is 53.0 Å². The van der Waals surface area contributed by atoms with Crippen LogP contribution in [0.4, 0.5) is 13.2 Å². The van der Waals surface area contributed by atoms with E-state index < -0.39 is 12.7 Å². The molecule has 0 atom stereocenters. The quantitative estimate of drug-likeness (QED) is 0.339. The summed E-state index contributed by atoms with van der Waals surface area (Å²) in [6.45, 7) is 4.72. The predicted octanol–water partition coefficient (Wildman–Crippen LogP) is 3.29. The first kappa shape index (κ1) is 24.1. The zero-order valence-electron chi connectivity index (χ0n) is 17.8. The molecule has 0 amide bonds. The highest BCUT2D eigenvalue weighted by Gasteiger charge is 2.32. The fourth-order valence-corrected chi connectivity index (χ4v) is 3.40. The van der Waals surface area contributed by atoms with Gasteiger partial charge < -0.3 is 20.1 Å². The van der Waals surface area contributed by atoms with Gasteiger partial charge in [0.15, 0.2) is 5.96 Å². The predicted molar refractivity (Wildman–Crippen MR) is 112 cm³/mol. The maximum absolute atomic E-state index is 12.5. The number of piperidine rings is 1. The molecule has 30 heavy (non-hydrogen) atoms. The van der Waals surface area contributed by atoms with E-state index in [1.54, 1.807) is 7.11 Å². The number of methoxy groups -OCH3 is 1. The number of likely N-dealkylation sites (tertiary alicyclic amines) is 1. The molecule has 2 N–H and O–H groups in total. The second-order valence-electron chi connectivity index (χ2n) is 7.33. The second-order valence-corrected chi connectivity index (χ2v) is 7.33. The van der Waals surface area contributed by atoms with Gasteiger partial charge >= 0.3 is 6.18 Å². The van der Waals surface area contributed by atoms with Gasteiger partial charge in [-0.05, 0) is 69.5 Å². The van der Waals surface area contributed by atoms with Gasteiger partial charge in [-0.3, -0.25) is 9.89 Å². The highest BCUT2D eigenvalue weighted by molar-refractivity contribution is 5.79. The van der Waals surface area contributed by atoms with E-state index in [1.807, 2.05) is 31.2 Å². The summed E-state index contributed by atoms with van der Waals surface area (Å²) in [5.74, 6) is 2.72. The first-order valence-electron chi connectivity index (χ1n) is 10.5. The molecule has 0 unspecified atom stereocenters. The molecule has 0 saturated carbocycles. The van der Waals surface area contributed by atoms with Crippen LogP contribution in [-0.4, -0.2) is 70.0 Å². The molecule has 6 nitrogen and oxygen atoms in total. The largest absolute Gasteiger partial charge is 0.497 e. The van der Waals surface area contributed by atoms with Crippen molar-refractivity contribution in [2.45, 2.75) is 32.4 Å². The molecule has 9 heteroatoms. The summed E-state index contributed by atoms with van der Waals surface area (Å²) in [5.41, 5.74) is 0. The fourth-order valence-electron chi connectivity index (χ4n) is 3.40. The molecule has 0 aliphatic carbocycles. The van der Waals surface area contributed by atoms with E-state index in [-0.39, 0.29) is 0 Å². The molecule has 1 aliphatic heterocycles. The standard InChI is InChI=1S/C21H33F3N4O2/c1-3-25-20(27-12-15-30-19-6-4-18(29-2)5-7-19)26-11-8-17-9-13-28(14-10-17)16-21(22,23)24/h4-7,17H,3,8-16H2,1-2H3,(H2,25,26,27). The van der Waals surface area contributed by atoms with Gasteiger partial charge in [-0.1, -0.05) is 0 Å². The second kappa shape index (κ2) is 12.5. The number of ether oxygens (including phenoxy) is 2. The average molecular weight is 431 g/mol. The maximum atomic E-state index is 12.5. The van der Waals surface area contributed by atoms with Gasteiger partial charge in [-0.15, -0.1) is 0 Å². The van der Waals surface area contributed by atoms with Gasteiger partial charge in [0.1, 0.15) is 18.1 Å². The number of guanidine groups is 1. The minimum absolute atomic E-state index is 0.430. The summed E-state index contributed by atoms with van der Waals surface area (Å²) in [6, 6.07) is 7.42. The Labute approximate surface area is 176 Å². The first-order valence-corrected chi connectivity index (χ1v) is 10.5. The normalized spacial score (nSPS) is 16.4. The highest BCUT2D eigenvalue weighted by atomic mass is 19.4. The van der Waals surface area contributed by atoms with Gasteiger partial charge in [0.05, 0.1) is 20.2 Å². The van der Waals surface area contributed by atoms with Crippen LogP contribution in [0.15, 0.2) is 29.3 Å². The van der Waals surface area contributed by atoms with Gasteiger partial charge in [-0.2, -0.15) is 13.2 Å². The van der Waals surface area contributed by atoms with Crippen molar-refractivity contribution in [3.63, 3.8) is 0 Å². The van der Waals surface area contributed by atoms with Crippen molar-refractivity contribution in [3.8, 4) is 11.5 Å². The van der Waals surface area contributed by atoms with Crippen LogP contribution in [0.2, 0.25) is 0 Å². The Morgan fingerprint density at radius 3 is 2.40 bits per heavy atom. The van der Waals surface area contributed by atoms with Crippen molar-refractivity contribution in [1.29, 1.82) is 0 Å². The summed E-state index contributed by atoms with van der Waals surface area (Å²) in [7, 11) is 1.62. The zero-order chi connectivity index (χ0) is 21.8. The van der Waals surface area contributed by atoms with Crippen LogP contribution in [0, 0.1) is 5.92 Å². The number of benzene rings is 1. The van der Waals surface area contributed by atoms with Gasteiger partial charge in [0.25, 0.3) is 0 Å². The van der Waals surface area contributed by atoms with Crippen LogP contribution in [0.25, 0.3) is 0 Å². The maximum Gasteiger partial charge on any atom is 0.401 e. The Morgan fingerprint density at radius 2 is 1.80 bits per heavy atom. The molecule has 1 saturated heterocycles. The lowest BCUT2D eigenvalue weighted by atomic mass is 9.93. The Kier molecular flexibility index (Phi) is 10.1. The van der Waals surface area contributed by atoms with Crippen LogP contribution < -0.4 is 20.1 Å². The number of rotatable bonds is 10. The van der Waals surface area contributed by atoms with Crippen molar-refractivity contribution in [3.05, 3.63) is 24.3 Å². The topological polar surface area (TPSA) is 58.1 Å². The van der Waals surface area contributed by atoms with Crippen LogP contribution in [0.5, 0.6) is 11.5 Å². The monoisotopic (exact) mass is 430 g/mol. The van der Waals surface area contributed by atoms with E-state index in [0.29, 0.717) is 38.7 Å². The summed E-state index contributed by atoms with van der Waals surface area (Å²) in [5, 5.41) is 6.44. The summed E-state index contributed by atoms with van der Waals surface area (Å²) < 4.78 is 48.2. The molecule has 2 rings (SSSR count). The Hall–Kier alpha value is -2.16. The molecular weight excluding hydrogens is 397 g/mol. The Bertz CT molecular complexity index is 630. The molecule has 1 aromatic carbocycles. The minimum Gasteiger partial charge on any atom is -0.497 e. The third-order valence-electron chi connectivity index (χ3n) is 4.98. The van der Waals surface area contributed by atoms with Gasteiger partial charge in [-0.25, -0.2) is 0 Å². The molecule has 0 bridgehead atoms. The van der Waals surface area contributed by atoms with Gasteiger partial charge in [0.2, 0.25) is 0 Å². The number of aliphatic imine (C=N–C) groups is 1. The Morgan fingerprint density at radius 1 is 1.13 bits per heavy atom. The zero-order valence-corrected chi connectivity index (χ0v) is 17.8. The average Bonchev–Trinajstić information content (AvgIpc) is 2.72. The first-order chi connectivity index (χ1) is 14.4. The smallest absolute Gasteiger partial charge is 0.401 e. The molecular formula is C21H33F3N4O2. The molecule has 0 radical (unpaired) electrons. The molecule has 1 aromatic rings. The number of hydrogen-bond donors (Lipinski definition) is 2. The third kappa shape index (κ3) is 9.56. The summed E-state index contributed by atoms with van der Waals surface area (Å²) in [6.07, 6.45) is -1.63. The molecule has 1 heterocycles. The number of alkyl halides is 3. The molecule has 1 aliphatic rings. The van der Waals surface area contributed by atoms with E-state index in [4.69, 9.17) is 9.47 Å². The number of nitrogens with one attached hydrogen (secondary N) is 2. The van der Waals surface area contributed by atoms with E-state index in [0.717, 1.165) is 43.3 Å². The number of nitrogens with zero attached hydrogens (tertiary/aromatic N) is 2. The highest BCUT2D eigenvalue weighted by Crippen LogP contribution is 2.24. The van der Waals surface area contributed by atoms with Crippen molar-refractivity contribution in [2.24, 2.45) is 10.9 Å². The summed E-state index contributed by atoms with van der Waals surface area (Å²) >= 11 is 0. The SMILES string of the molecule is CCNC(=NCCC1CCN(CC(F)(F)F)CC1)NCCOc1ccc(OC)cc1. The van der Waals surface area contributed by atoms with Gasteiger partial charge in [0, 0.05) is 13.1 Å². The number of halogens is 3. The number of hydrogen-bond acceptors (Lipinski definition) is 4. The van der Waals surface area contributed by atoms with E-state index in [2.05, 4.69) is 15.6 Å². The minimum atomic E-state index is -4.11. The lowest BCUT2D eigenvalue weighted by Crippen LogP contribution is -2.40. The van der Waals surface area contributed by atoms with E-state index in [9.17, 15) is 13.2 Å². The van der Waals surface area contributed by atoms with E-state index in [1.165, 1.54) is 4.90 Å². The van der Waals surface area contributed by atoms with Crippen LogP contribution >= 0.6 is 0 Å². The molecule has 0 aromatic heterocycles. The van der Waals surface area contributed by atoms with Crippen molar-refractivity contribution < 1.29 is 22.6 Å². The third-order valence-corrected chi connectivity index (χ3v) is 4.98. The summed E-state index contributed by atoms with van der Waals surface area (Å²) in [4.78, 5) is 6.08. The van der Waals surface area contributed by atoms with Crippen LogP contribution in [0.3, 0.4) is 0 Å². The molecule has 1 fully saturated rings. The molecule has 170 valence electrons. The lowest BCUT2D eigenvalue weighted by Gasteiger charge is -2.32. The van der Waals surface area contributed by atoms with E-state index >= 15 is 0 Å².